The van der Waals surface area contributed by atoms with Gasteiger partial charge in [0.05, 0.1) is 5.75 Å². The third-order valence-corrected chi connectivity index (χ3v) is 7.48. The van der Waals surface area contributed by atoms with Crippen LogP contribution < -0.4 is 0 Å². The predicted molar refractivity (Wildman–Crippen MR) is 93.7 cm³/mol. The molecule has 1 aromatic rings. The van der Waals surface area contributed by atoms with E-state index in [-0.39, 0.29) is 23.6 Å². The number of hydrogen-bond acceptors (Lipinski definition) is 3. The first-order chi connectivity index (χ1) is 12.2. The Morgan fingerprint density at radius 3 is 2.46 bits per heavy atom. The number of halogens is 2. The van der Waals surface area contributed by atoms with Gasteiger partial charge in [-0.05, 0) is 42.4 Å². The molecule has 0 radical (unpaired) electrons. The van der Waals surface area contributed by atoms with Crippen LogP contribution in [0.25, 0.3) is 0 Å². The fraction of sp³-hybridized carbons (Fsp3) is 0.611. The Hall–Kier alpha value is -1.54. The highest BCUT2D eigenvalue weighted by atomic mass is 32.2. The molecule has 2 saturated heterocycles. The minimum atomic E-state index is -3.21. The summed E-state index contributed by atoms with van der Waals surface area (Å²) in [5, 5.41) is 0. The largest absolute Gasteiger partial charge is 0.338 e. The monoisotopic (exact) mass is 386 g/mol. The molecule has 8 heteroatoms. The maximum Gasteiger partial charge on any atom is 0.223 e. The van der Waals surface area contributed by atoms with E-state index in [9.17, 15) is 22.0 Å². The molecule has 2 fully saturated rings. The molecule has 2 heterocycles. The van der Waals surface area contributed by atoms with E-state index >= 15 is 0 Å². The minimum Gasteiger partial charge on any atom is -0.338 e. The Labute approximate surface area is 153 Å². The van der Waals surface area contributed by atoms with Gasteiger partial charge < -0.3 is 4.90 Å². The van der Waals surface area contributed by atoms with Crippen LogP contribution in [-0.2, 0) is 21.4 Å². The Balaban J connectivity index is 1.64. The number of sulfonamides is 1. The molecule has 0 N–H and O–H groups in total. The number of rotatable bonds is 5. The van der Waals surface area contributed by atoms with Gasteiger partial charge in [0.15, 0.2) is 11.6 Å². The van der Waals surface area contributed by atoms with E-state index in [0.717, 1.165) is 12.1 Å². The summed E-state index contributed by atoms with van der Waals surface area (Å²) in [7, 11) is -3.21. The summed E-state index contributed by atoms with van der Waals surface area (Å²) < 4.78 is 52.4. The normalized spacial score (nSPS) is 20.9. The van der Waals surface area contributed by atoms with Gasteiger partial charge in [0.2, 0.25) is 15.9 Å². The lowest BCUT2D eigenvalue weighted by Crippen LogP contribution is -2.44. The topological polar surface area (TPSA) is 57.7 Å². The zero-order chi connectivity index (χ0) is 18.9. The average molecular weight is 386 g/mol. The molecule has 0 aliphatic carbocycles. The maximum atomic E-state index is 13.4. The second-order valence-corrected chi connectivity index (χ2v) is 9.48. The number of hydrogen-bond donors (Lipinski definition) is 0. The summed E-state index contributed by atoms with van der Waals surface area (Å²) in [6.07, 6.45) is 2.27. The standard InChI is InChI=1S/C18H24F2N2O3S/c1-2-9-26(24,25)22-7-5-18(6-8-22)11-17(23)21(13-18)12-14-3-4-15(19)16(20)10-14/h3-4,10H,2,5-9,11-13H2,1H3. The van der Waals surface area contributed by atoms with Crippen LogP contribution in [0.1, 0.15) is 38.2 Å². The molecular weight excluding hydrogens is 362 g/mol. The van der Waals surface area contributed by atoms with Crippen molar-refractivity contribution in [1.29, 1.82) is 0 Å². The molecule has 1 spiro atoms. The fourth-order valence-electron chi connectivity index (χ4n) is 3.94. The molecule has 1 aromatic carbocycles. The van der Waals surface area contributed by atoms with Crippen molar-refractivity contribution in [2.75, 3.05) is 25.4 Å². The third kappa shape index (κ3) is 3.91. The minimum absolute atomic E-state index is 0.0143. The second-order valence-electron chi connectivity index (χ2n) is 7.39. The Morgan fingerprint density at radius 1 is 1.15 bits per heavy atom. The highest BCUT2D eigenvalue weighted by molar-refractivity contribution is 7.89. The molecule has 144 valence electrons. The van der Waals surface area contributed by atoms with Gasteiger partial charge in [0.1, 0.15) is 0 Å². The van der Waals surface area contributed by atoms with Crippen LogP contribution in [0.2, 0.25) is 0 Å². The second kappa shape index (κ2) is 7.23. The number of carbonyl (C=O) groups excluding carboxylic acids is 1. The number of nitrogens with zero attached hydrogens (tertiary/aromatic N) is 2. The van der Waals surface area contributed by atoms with E-state index in [1.54, 1.807) is 4.90 Å². The van der Waals surface area contributed by atoms with Gasteiger partial charge in [-0.15, -0.1) is 0 Å². The first-order valence-electron chi connectivity index (χ1n) is 8.94. The zero-order valence-electron chi connectivity index (χ0n) is 14.9. The van der Waals surface area contributed by atoms with Crippen molar-refractivity contribution in [3.8, 4) is 0 Å². The number of piperidine rings is 1. The van der Waals surface area contributed by atoms with Crippen LogP contribution in [0.4, 0.5) is 8.78 Å². The average Bonchev–Trinajstić information content (AvgIpc) is 2.86. The molecule has 3 rings (SSSR count). The van der Waals surface area contributed by atoms with Crippen molar-refractivity contribution >= 4 is 15.9 Å². The Morgan fingerprint density at radius 2 is 1.85 bits per heavy atom. The summed E-state index contributed by atoms with van der Waals surface area (Å²) >= 11 is 0. The quantitative estimate of drug-likeness (QED) is 0.781. The lowest BCUT2D eigenvalue weighted by atomic mass is 9.78. The first-order valence-corrected chi connectivity index (χ1v) is 10.6. The smallest absolute Gasteiger partial charge is 0.223 e. The molecule has 0 atom stereocenters. The van der Waals surface area contributed by atoms with Gasteiger partial charge in [-0.2, -0.15) is 0 Å². The van der Waals surface area contributed by atoms with Crippen LogP contribution in [0, 0.1) is 17.0 Å². The molecular formula is C18H24F2N2O3S. The predicted octanol–water partition coefficient (Wildman–Crippen LogP) is 2.52. The maximum absolute atomic E-state index is 13.4. The number of carbonyl (C=O) groups is 1. The van der Waals surface area contributed by atoms with Gasteiger partial charge in [-0.1, -0.05) is 13.0 Å². The molecule has 2 aliphatic heterocycles. The van der Waals surface area contributed by atoms with Gasteiger partial charge in [0, 0.05) is 32.6 Å². The molecule has 2 aliphatic rings. The van der Waals surface area contributed by atoms with E-state index < -0.39 is 21.7 Å². The summed E-state index contributed by atoms with van der Waals surface area (Å²) in [5.74, 6) is -1.68. The SMILES string of the molecule is CCCS(=O)(=O)N1CCC2(CC1)CC(=O)N(Cc1ccc(F)c(F)c1)C2. The third-order valence-electron chi connectivity index (χ3n) is 5.40. The van der Waals surface area contributed by atoms with Crippen molar-refractivity contribution in [2.45, 2.75) is 39.2 Å². The van der Waals surface area contributed by atoms with Crippen LogP contribution in [0.3, 0.4) is 0 Å². The van der Waals surface area contributed by atoms with Crippen molar-refractivity contribution in [1.82, 2.24) is 9.21 Å². The van der Waals surface area contributed by atoms with Crippen LogP contribution in [0.5, 0.6) is 0 Å². The first kappa shape index (κ1) is 19.2. The van der Waals surface area contributed by atoms with Crippen molar-refractivity contribution in [3.05, 3.63) is 35.4 Å². The zero-order valence-corrected chi connectivity index (χ0v) is 15.7. The van der Waals surface area contributed by atoms with E-state index in [1.807, 2.05) is 6.92 Å². The van der Waals surface area contributed by atoms with E-state index in [2.05, 4.69) is 0 Å². The van der Waals surface area contributed by atoms with Gasteiger partial charge >= 0.3 is 0 Å². The van der Waals surface area contributed by atoms with Gasteiger partial charge in [-0.25, -0.2) is 21.5 Å². The highest BCUT2D eigenvalue weighted by Gasteiger charge is 2.46. The van der Waals surface area contributed by atoms with Crippen LogP contribution in [0.15, 0.2) is 18.2 Å². The van der Waals surface area contributed by atoms with Crippen LogP contribution in [-0.4, -0.2) is 48.9 Å². The Kier molecular flexibility index (Phi) is 5.35. The van der Waals surface area contributed by atoms with E-state index in [4.69, 9.17) is 0 Å². The molecule has 0 saturated carbocycles. The number of benzene rings is 1. The highest BCUT2D eigenvalue weighted by Crippen LogP contribution is 2.42. The number of amides is 1. The summed E-state index contributed by atoms with van der Waals surface area (Å²) in [5.41, 5.74) is 0.339. The summed E-state index contributed by atoms with van der Waals surface area (Å²) in [4.78, 5) is 14.1. The summed E-state index contributed by atoms with van der Waals surface area (Å²) in [6, 6.07) is 3.67. The molecule has 0 unspecified atom stereocenters. The number of likely N-dealkylation sites (tertiary alicyclic amines) is 1. The fourth-order valence-corrected chi connectivity index (χ4v) is 5.46. The molecule has 5 nitrogen and oxygen atoms in total. The lowest BCUT2D eigenvalue weighted by molar-refractivity contribution is -0.128. The van der Waals surface area contributed by atoms with Crippen molar-refractivity contribution in [3.63, 3.8) is 0 Å². The van der Waals surface area contributed by atoms with E-state index in [1.165, 1.54) is 10.4 Å². The molecule has 1 amide bonds. The van der Waals surface area contributed by atoms with Crippen LogP contribution >= 0.6 is 0 Å². The molecule has 0 aromatic heterocycles. The van der Waals surface area contributed by atoms with Gasteiger partial charge in [0.25, 0.3) is 0 Å². The van der Waals surface area contributed by atoms with Crippen molar-refractivity contribution < 1.29 is 22.0 Å². The Bertz CT molecular complexity index is 790. The summed E-state index contributed by atoms with van der Waals surface area (Å²) in [6.45, 7) is 3.50. The van der Waals surface area contributed by atoms with E-state index in [0.29, 0.717) is 50.9 Å². The van der Waals surface area contributed by atoms with Crippen molar-refractivity contribution in [2.24, 2.45) is 5.41 Å². The molecule has 26 heavy (non-hydrogen) atoms. The molecule has 0 bridgehead atoms. The van der Waals surface area contributed by atoms with Gasteiger partial charge in [-0.3, -0.25) is 4.79 Å². The lowest BCUT2D eigenvalue weighted by Gasteiger charge is -2.38.